The maximum atomic E-state index is 3.45. The molecule has 0 aliphatic heterocycles. The van der Waals surface area contributed by atoms with Crippen LogP contribution in [0.4, 0.5) is 0 Å². The fourth-order valence-corrected chi connectivity index (χ4v) is 3.28. The number of halogens is 1. The first kappa shape index (κ1) is 14.7. The largest absolute Gasteiger partial charge is 0.361 e. The molecule has 2 aromatic carbocycles. The van der Waals surface area contributed by atoms with Crippen molar-refractivity contribution in [1.82, 2.24) is 9.71 Å². The summed E-state index contributed by atoms with van der Waals surface area (Å²) in [7, 11) is 0. The second kappa shape index (κ2) is 7.16. The van der Waals surface area contributed by atoms with Crippen LogP contribution in [0.15, 0.2) is 64.1 Å². The van der Waals surface area contributed by atoms with Gasteiger partial charge in [0.15, 0.2) is 0 Å². The quantitative estimate of drug-likeness (QED) is 0.469. The molecule has 4 heteroatoms. The summed E-state index contributed by atoms with van der Waals surface area (Å²) in [5, 5.41) is 1.35. The van der Waals surface area contributed by atoms with E-state index in [4.69, 9.17) is 0 Å². The van der Waals surface area contributed by atoms with E-state index in [-0.39, 0.29) is 0 Å². The molecule has 3 aromatic rings. The summed E-state index contributed by atoms with van der Waals surface area (Å²) < 4.78 is 4.54. The van der Waals surface area contributed by atoms with Crippen LogP contribution in [0, 0.1) is 0 Å². The minimum atomic E-state index is 1.00. The van der Waals surface area contributed by atoms with Crippen LogP contribution in [-0.2, 0) is 6.42 Å². The SMILES string of the molecule is Brc1ccc(SNCCCc2c[nH]c3ccccc23)cc1. The van der Waals surface area contributed by atoms with Crippen molar-refractivity contribution >= 4 is 38.8 Å². The van der Waals surface area contributed by atoms with Gasteiger partial charge < -0.3 is 4.98 Å². The zero-order valence-electron chi connectivity index (χ0n) is 11.6. The number of aromatic nitrogens is 1. The van der Waals surface area contributed by atoms with Gasteiger partial charge in [0.05, 0.1) is 0 Å². The summed E-state index contributed by atoms with van der Waals surface area (Å²) in [6.07, 6.45) is 4.36. The normalized spacial score (nSPS) is 11.1. The van der Waals surface area contributed by atoms with Gasteiger partial charge >= 0.3 is 0 Å². The van der Waals surface area contributed by atoms with Gasteiger partial charge in [0, 0.05) is 33.0 Å². The van der Waals surface area contributed by atoms with Gasteiger partial charge in [-0.05, 0) is 60.7 Å². The molecule has 2 nitrogen and oxygen atoms in total. The van der Waals surface area contributed by atoms with Crippen molar-refractivity contribution in [3.05, 3.63) is 64.8 Å². The Balaban J connectivity index is 1.45. The van der Waals surface area contributed by atoms with Gasteiger partial charge in [-0.3, -0.25) is 4.72 Å². The number of hydrogen-bond donors (Lipinski definition) is 2. The Bertz CT molecular complexity index is 706. The lowest BCUT2D eigenvalue weighted by Crippen LogP contribution is -2.06. The van der Waals surface area contributed by atoms with E-state index >= 15 is 0 Å². The fraction of sp³-hybridized carbons (Fsp3) is 0.176. The summed E-state index contributed by atoms with van der Waals surface area (Å²) in [6, 6.07) is 16.8. The third-order valence-corrected chi connectivity index (χ3v) is 4.79. The van der Waals surface area contributed by atoms with Crippen LogP contribution in [0.3, 0.4) is 0 Å². The molecule has 0 atom stereocenters. The smallest absolute Gasteiger partial charge is 0.0456 e. The van der Waals surface area contributed by atoms with Crippen molar-refractivity contribution in [2.75, 3.05) is 6.54 Å². The minimum Gasteiger partial charge on any atom is -0.361 e. The van der Waals surface area contributed by atoms with Crippen molar-refractivity contribution in [2.45, 2.75) is 17.7 Å². The second-order valence-corrected chi connectivity index (χ2v) is 6.79. The van der Waals surface area contributed by atoms with Crippen molar-refractivity contribution in [1.29, 1.82) is 0 Å². The van der Waals surface area contributed by atoms with Crippen LogP contribution in [0.5, 0.6) is 0 Å². The molecule has 0 saturated heterocycles. The molecule has 0 bridgehead atoms. The second-order valence-electron chi connectivity index (χ2n) is 4.91. The maximum Gasteiger partial charge on any atom is 0.0456 e. The van der Waals surface area contributed by atoms with E-state index in [9.17, 15) is 0 Å². The summed E-state index contributed by atoms with van der Waals surface area (Å²) in [4.78, 5) is 4.57. The highest BCUT2D eigenvalue weighted by molar-refractivity contribution is 9.10. The van der Waals surface area contributed by atoms with Crippen molar-refractivity contribution in [2.24, 2.45) is 0 Å². The average Bonchev–Trinajstić information content (AvgIpc) is 2.92. The van der Waals surface area contributed by atoms with Gasteiger partial charge in [-0.1, -0.05) is 34.1 Å². The van der Waals surface area contributed by atoms with Gasteiger partial charge in [-0.25, -0.2) is 0 Å². The molecule has 0 unspecified atom stereocenters. The molecule has 21 heavy (non-hydrogen) atoms. The zero-order chi connectivity index (χ0) is 14.5. The highest BCUT2D eigenvalue weighted by Crippen LogP contribution is 2.20. The van der Waals surface area contributed by atoms with Crippen LogP contribution >= 0.6 is 27.9 Å². The van der Waals surface area contributed by atoms with E-state index in [1.54, 1.807) is 11.9 Å². The first-order valence-electron chi connectivity index (χ1n) is 7.03. The lowest BCUT2D eigenvalue weighted by atomic mass is 10.1. The van der Waals surface area contributed by atoms with E-state index in [1.165, 1.54) is 21.4 Å². The molecule has 0 amide bonds. The lowest BCUT2D eigenvalue weighted by molar-refractivity contribution is 0.801. The van der Waals surface area contributed by atoms with Gasteiger partial charge in [0.1, 0.15) is 0 Å². The molecule has 1 heterocycles. The Morgan fingerprint density at radius 3 is 2.71 bits per heavy atom. The number of aromatic amines is 1. The van der Waals surface area contributed by atoms with Gasteiger partial charge in [0.2, 0.25) is 0 Å². The van der Waals surface area contributed by atoms with Crippen LogP contribution in [0.2, 0.25) is 0 Å². The minimum absolute atomic E-state index is 1.00. The van der Waals surface area contributed by atoms with E-state index in [0.29, 0.717) is 0 Å². The zero-order valence-corrected chi connectivity index (χ0v) is 14.0. The Kier molecular flexibility index (Phi) is 5.01. The number of hydrogen-bond acceptors (Lipinski definition) is 2. The van der Waals surface area contributed by atoms with Crippen LogP contribution < -0.4 is 4.72 Å². The maximum absolute atomic E-state index is 3.45. The molecule has 0 aliphatic rings. The topological polar surface area (TPSA) is 27.8 Å². The lowest BCUT2D eigenvalue weighted by Gasteiger charge is -2.04. The van der Waals surface area contributed by atoms with Crippen LogP contribution in [0.25, 0.3) is 10.9 Å². The number of benzene rings is 2. The molecular weight excluding hydrogens is 344 g/mol. The molecule has 2 N–H and O–H groups in total. The van der Waals surface area contributed by atoms with E-state index in [0.717, 1.165) is 23.9 Å². The van der Waals surface area contributed by atoms with E-state index < -0.39 is 0 Å². The molecule has 0 aliphatic carbocycles. The molecule has 0 fully saturated rings. The number of nitrogens with one attached hydrogen (secondary N) is 2. The number of rotatable bonds is 6. The Morgan fingerprint density at radius 1 is 1.05 bits per heavy atom. The van der Waals surface area contributed by atoms with Gasteiger partial charge in [0.25, 0.3) is 0 Å². The Hall–Kier alpha value is -1.23. The fourth-order valence-electron chi connectivity index (χ4n) is 2.33. The summed E-state index contributed by atoms with van der Waals surface area (Å²) >= 11 is 5.14. The van der Waals surface area contributed by atoms with Gasteiger partial charge in [-0.2, -0.15) is 0 Å². The van der Waals surface area contributed by atoms with Crippen molar-refractivity contribution in [3.8, 4) is 0 Å². The average molecular weight is 361 g/mol. The summed E-state index contributed by atoms with van der Waals surface area (Å²) in [5.74, 6) is 0. The first-order chi connectivity index (χ1) is 10.3. The van der Waals surface area contributed by atoms with Crippen molar-refractivity contribution in [3.63, 3.8) is 0 Å². The monoisotopic (exact) mass is 360 g/mol. The summed E-state index contributed by atoms with van der Waals surface area (Å²) in [6.45, 7) is 1.00. The van der Waals surface area contributed by atoms with Crippen LogP contribution in [0.1, 0.15) is 12.0 Å². The van der Waals surface area contributed by atoms with E-state index in [1.807, 2.05) is 0 Å². The highest BCUT2D eigenvalue weighted by Gasteiger charge is 2.02. The first-order valence-corrected chi connectivity index (χ1v) is 8.64. The molecule has 1 aromatic heterocycles. The molecule has 0 radical (unpaired) electrons. The van der Waals surface area contributed by atoms with Gasteiger partial charge in [-0.15, -0.1) is 0 Å². The molecule has 0 saturated carbocycles. The number of aryl methyl sites for hydroxylation is 1. The number of fused-ring (bicyclic) bond motifs is 1. The third kappa shape index (κ3) is 3.90. The van der Waals surface area contributed by atoms with E-state index in [2.05, 4.69) is 80.4 Å². The number of H-pyrrole nitrogens is 1. The third-order valence-electron chi connectivity index (χ3n) is 3.40. The summed E-state index contributed by atoms with van der Waals surface area (Å²) in [5.41, 5.74) is 2.63. The predicted molar refractivity (Wildman–Crippen MR) is 94.6 cm³/mol. The molecule has 0 spiro atoms. The Morgan fingerprint density at radius 2 is 1.86 bits per heavy atom. The molecule has 108 valence electrons. The number of para-hydroxylation sites is 1. The van der Waals surface area contributed by atoms with Crippen molar-refractivity contribution < 1.29 is 0 Å². The molecular formula is C17H17BrN2S. The predicted octanol–water partition coefficient (Wildman–Crippen LogP) is 5.16. The standard InChI is InChI=1S/C17H17BrN2S/c18-14-7-9-15(10-8-14)21-20-11-3-4-13-12-19-17-6-2-1-5-16(13)17/h1-2,5-10,12,19-20H,3-4,11H2. The molecule has 3 rings (SSSR count). The Labute approximate surface area is 137 Å². The van der Waals surface area contributed by atoms with Crippen LogP contribution in [-0.4, -0.2) is 11.5 Å². The highest BCUT2D eigenvalue weighted by atomic mass is 79.9.